The fourth-order valence-electron chi connectivity index (χ4n) is 2.91. The molecule has 0 bridgehead atoms. The van der Waals surface area contributed by atoms with Crippen molar-refractivity contribution in [2.75, 3.05) is 5.32 Å². The Balaban J connectivity index is 1.83. The molecule has 4 rings (SSSR count). The molecule has 7 heteroatoms. The van der Waals surface area contributed by atoms with Gasteiger partial charge in [0.1, 0.15) is 5.15 Å². The monoisotopic (exact) mass is 403 g/mol. The molecule has 0 saturated heterocycles. The minimum Gasteiger partial charge on any atom is -0.321 e. The number of nitrogens with one attached hydrogen (secondary N) is 1. The van der Waals surface area contributed by atoms with Crippen molar-refractivity contribution in [3.05, 3.63) is 74.5 Å². The molecule has 1 aliphatic heterocycles. The Bertz CT molecular complexity index is 1090. The van der Waals surface area contributed by atoms with Gasteiger partial charge in [0.05, 0.1) is 17.1 Å². The van der Waals surface area contributed by atoms with Gasteiger partial charge in [-0.05, 0) is 43.3 Å². The number of hydrogen-bond acceptors (Lipinski definition) is 2. The first-order valence-electron chi connectivity index (χ1n) is 7.78. The Kier molecular flexibility index (Phi) is 4.27. The van der Waals surface area contributed by atoms with Gasteiger partial charge >= 0.3 is 0 Å². The van der Waals surface area contributed by atoms with E-state index in [4.69, 9.17) is 34.8 Å². The summed E-state index contributed by atoms with van der Waals surface area (Å²) in [5.41, 5.74) is 4.12. The molecular weight excluding hydrogens is 393 g/mol. The lowest BCUT2D eigenvalue weighted by molar-refractivity contribution is -0.110. The van der Waals surface area contributed by atoms with E-state index in [-0.39, 0.29) is 5.91 Å². The molecule has 26 heavy (non-hydrogen) atoms. The molecule has 2 heterocycles. The lowest BCUT2D eigenvalue weighted by Crippen LogP contribution is -2.03. The van der Waals surface area contributed by atoms with Gasteiger partial charge in [0.2, 0.25) is 0 Å². The van der Waals surface area contributed by atoms with E-state index < -0.39 is 0 Å². The van der Waals surface area contributed by atoms with Crippen LogP contribution >= 0.6 is 34.8 Å². The number of rotatable bonds is 2. The average Bonchev–Trinajstić information content (AvgIpc) is 3.05. The predicted molar refractivity (Wildman–Crippen MR) is 106 cm³/mol. The molecular formula is C19H12Cl3N3O. The minimum atomic E-state index is -0.201. The first-order chi connectivity index (χ1) is 12.4. The molecule has 0 atom stereocenters. The van der Waals surface area contributed by atoms with Crippen molar-refractivity contribution in [2.24, 2.45) is 0 Å². The maximum absolute atomic E-state index is 12.4. The van der Waals surface area contributed by atoms with Gasteiger partial charge in [-0.3, -0.25) is 4.79 Å². The number of carbonyl (C=O) groups excluding carboxylic acids is 1. The third kappa shape index (κ3) is 2.90. The number of benzene rings is 2. The average molecular weight is 405 g/mol. The molecule has 0 fully saturated rings. The van der Waals surface area contributed by atoms with E-state index in [1.54, 1.807) is 35.0 Å². The predicted octanol–water partition coefficient (Wildman–Crippen LogP) is 5.63. The van der Waals surface area contributed by atoms with Crippen LogP contribution in [0.2, 0.25) is 15.2 Å². The van der Waals surface area contributed by atoms with Crippen molar-refractivity contribution < 1.29 is 4.79 Å². The number of anilines is 1. The molecule has 2 aromatic carbocycles. The summed E-state index contributed by atoms with van der Waals surface area (Å²) in [5.74, 6) is -0.201. The van der Waals surface area contributed by atoms with Crippen molar-refractivity contribution in [1.29, 1.82) is 0 Å². The third-order valence-corrected chi connectivity index (χ3v) is 4.99. The zero-order valence-corrected chi connectivity index (χ0v) is 15.8. The molecule has 0 saturated carbocycles. The number of nitrogens with zero attached hydrogens (tertiary/aromatic N) is 2. The molecule has 0 radical (unpaired) electrons. The van der Waals surface area contributed by atoms with E-state index in [0.717, 1.165) is 11.3 Å². The van der Waals surface area contributed by atoms with Crippen LogP contribution in [0.3, 0.4) is 0 Å². The Hall–Kier alpha value is -2.27. The van der Waals surface area contributed by atoms with Gasteiger partial charge in [-0.15, -0.1) is 0 Å². The van der Waals surface area contributed by atoms with Crippen LogP contribution in [0.25, 0.3) is 17.3 Å². The Labute approximate surface area is 165 Å². The van der Waals surface area contributed by atoms with Gasteiger partial charge in [0.25, 0.3) is 5.91 Å². The number of aromatic nitrogens is 2. The topological polar surface area (TPSA) is 46.9 Å². The van der Waals surface area contributed by atoms with Crippen molar-refractivity contribution in [3.8, 4) is 5.69 Å². The van der Waals surface area contributed by atoms with Gasteiger partial charge in [-0.2, -0.15) is 5.10 Å². The second-order valence-corrected chi connectivity index (χ2v) is 7.11. The molecule has 0 aliphatic carbocycles. The van der Waals surface area contributed by atoms with E-state index >= 15 is 0 Å². The first kappa shape index (κ1) is 17.2. The molecule has 3 aromatic rings. The Morgan fingerprint density at radius 2 is 1.85 bits per heavy atom. The molecule has 0 unspecified atom stereocenters. The zero-order valence-electron chi connectivity index (χ0n) is 13.6. The molecule has 1 aromatic heterocycles. The number of hydrogen-bond donors (Lipinski definition) is 1. The highest BCUT2D eigenvalue weighted by Crippen LogP contribution is 2.36. The van der Waals surface area contributed by atoms with Crippen LogP contribution < -0.4 is 5.32 Å². The Morgan fingerprint density at radius 3 is 2.62 bits per heavy atom. The van der Waals surface area contributed by atoms with E-state index in [0.29, 0.717) is 37.7 Å². The fraction of sp³-hybridized carbons (Fsp3) is 0.0526. The number of fused-ring (bicyclic) bond motifs is 1. The highest BCUT2D eigenvalue weighted by Gasteiger charge is 2.25. The van der Waals surface area contributed by atoms with Crippen LogP contribution in [0.15, 0.2) is 42.5 Å². The van der Waals surface area contributed by atoms with Gasteiger partial charge in [0.15, 0.2) is 0 Å². The summed E-state index contributed by atoms with van der Waals surface area (Å²) in [6, 6.07) is 12.5. The Morgan fingerprint density at radius 1 is 1.08 bits per heavy atom. The molecule has 1 N–H and O–H groups in total. The largest absolute Gasteiger partial charge is 0.321 e. The van der Waals surface area contributed by atoms with E-state index in [1.165, 1.54) is 0 Å². The number of halogens is 3. The molecule has 0 spiro atoms. The van der Waals surface area contributed by atoms with Gasteiger partial charge in [-0.1, -0.05) is 46.9 Å². The van der Waals surface area contributed by atoms with Crippen LogP contribution in [-0.2, 0) is 4.79 Å². The summed E-state index contributed by atoms with van der Waals surface area (Å²) in [4.78, 5) is 12.4. The lowest BCUT2D eigenvalue weighted by Gasteiger charge is -2.03. The van der Waals surface area contributed by atoms with Crippen molar-refractivity contribution >= 4 is 58.0 Å². The van der Waals surface area contributed by atoms with Crippen LogP contribution in [0.5, 0.6) is 0 Å². The van der Waals surface area contributed by atoms with E-state index in [1.807, 2.05) is 25.1 Å². The highest BCUT2D eigenvalue weighted by atomic mass is 35.5. The minimum absolute atomic E-state index is 0.201. The summed E-state index contributed by atoms with van der Waals surface area (Å²) in [6.45, 7) is 1.84. The maximum atomic E-state index is 12.4. The first-order valence-corrected chi connectivity index (χ1v) is 8.91. The highest BCUT2D eigenvalue weighted by molar-refractivity contribution is 6.38. The van der Waals surface area contributed by atoms with Crippen molar-refractivity contribution in [2.45, 2.75) is 6.92 Å². The number of amides is 1. The molecule has 1 aliphatic rings. The van der Waals surface area contributed by atoms with Crippen LogP contribution in [-0.4, -0.2) is 15.7 Å². The van der Waals surface area contributed by atoms with Crippen LogP contribution in [0.4, 0.5) is 5.69 Å². The van der Waals surface area contributed by atoms with Crippen LogP contribution in [0, 0.1) is 6.92 Å². The molecule has 1 amide bonds. The van der Waals surface area contributed by atoms with Crippen molar-refractivity contribution in [3.63, 3.8) is 0 Å². The van der Waals surface area contributed by atoms with Gasteiger partial charge in [0, 0.05) is 26.7 Å². The standard InChI is InChI=1S/C19H12Cl3N3O/c1-10-15(18(22)25(24-10)13-4-2-3-11(20)7-13)9-16-14-6-5-12(21)8-17(14)23-19(16)26/h2-9H,1H3,(H,23,26). The summed E-state index contributed by atoms with van der Waals surface area (Å²) in [5, 5.41) is 8.86. The van der Waals surface area contributed by atoms with Crippen molar-refractivity contribution in [1.82, 2.24) is 9.78 Å². The number of aryl methyl sites for hydroxylation is 1. The third-order valence-electron chi connectivity index (χ3n) is 4.15. The van der Waals surface area contributed by atoms with E-state index in [9.17, 15) is 4.79 Å². The number of carbonyl (C=O) groups is 1. The second-order valence-electron chi connectivity index (χ2n) is 5.88. The molecule has 130 valence electrons. The zero-order chi connectivity index (χ0) is 18.4. The summed E-state index contributed by atoms with van der Waals surface area (Å²) < 4.78 is 1.60. The lowest BCUT2D eigenvalue weighted by atomic mass is 10.0. The summed E-state index contributed by atoms with van der Waals surface area (Å²) in [7, 11) is 0. The SMILES string of the molecule is Cc1nn(-c2cccc(Cl)c2)c(Cl)c1C=C1C(=O)Nc2cc(Cl)ccc21. The maximum Gasteiger partial charge on any atom is 0.256 e. The summed E-state index contributed by atoms with van der Waals surface area (Å²) >= 11 is 18.6. The quantitative estimate of drug-likeness (QED) is 0.562. The second kappa shape index (κ2) is 6.47. The smallest absolute Gasteiger partial charge is 0.256 e. The van der Waals surface area contributed by atoms with Gasteiger partial charge in [-0.25, -0.2) is 4.68 Å². The summed E-state index contributed by atoms with van der Waals surface area (Å²) in [6.07, 6.45) is 1.75. The van der Waals surface area contributed by atoms with Gasteiger partial charge < -0.3 is 5.32 Å². The normalized spacial score (nSPS) is 14.6. The van der Waals surface area contributed by atoms with E-state index in [2.05, 4.69) is 10.4 Å². The van der Waals surface area contributed by atoms with Crippen LogP contribution in [0.1, 0.15) is 16.8 Å². The molecule has 4 nitrogen and oxygen atoms in total. The fourth-order valence-corrected chi connectivity index (χ4v) is 3.59.